The highest BCUT2D eigenvalue weighted by Crippen LogP contribution is 2.33. The Morgan fingerprint density at radius 1 is 1.38 bits per heavy atom. The Morgan fingerprint density at radius 3 is 2.46 bits per heavy atom. The minimum Gasteiger partial charge on any atom is -0.461 e. The fourth-order valence-electron chi connectivity index (χ4n) is 1.72. The molecule has 0 saturated heterocycles. The fraction of sp³-hybridized carbons (Fsp3) is 0.533. The van der Waals surface area contributed by atoms with Crippen molar-refractivity contribution in [2.75, 3.05) is 12.4 Å². The largest absolute Gasteiger partial charge is 0.461 e. The van der Waals surface area contributed by atoms with Crippen LogP contribution in [0, 0.1) is 0 Å². The van der Waals surface area contributed by atoms with Gasteiger partial charge in [0, 0.05) is 24.9 Å². The number of carbonyl (C=O) groups is 1. The second-order valence-corrected chi connectivity index (χ2v) is 12.6. The molecule has 1 aromatic rings. The van der Waals surface area contributed by atoms with Crippen molar-refractivity contribution in [1.82, 2.24) is 4.98 Å². The highest BCUT2D eigenvalue weighted by molar-refractivity contribution is 8.13. The molecule has 1 heterocycles. The monoisotopic (exact) mass is 378 g/mol. The predicted octanol–water partition coefficient (Wildman–Crippen LogP) is 4.15. The number of aromatic nitrogens is 1. The third kappa shape index (κ3) is 6.64. The van der Waals surface area contributed by atoms with Crippen LogP contribution in [0.15, 0.2) is 17.3 Å². The summed E-state index contributed by atoms with van der Waals surface area (Å²) in [6, 6.07) is 0.971. The van der Waals surface area contributed by atoms with Gasteiger partial charge in [-0.1, -0.05) is 19.6 Å². The van der Waals surface area contributed by atoms with Crippen molar-refractivity contribution in [1.29, 1.82) is 0 Å². The molecule has 0 saturated carbocycles. The Balaban J connectivity index is 3.24. The van der Waals surface area contributed by atoms with Crippen molar-refractivity contribution in [3.63, 3.8) is 0 Å². The van der Waals surface area contributed by atoms with E-state index in [4.69, 9.17) is 0 Å². The summed E-state index contributed by atoms with van der Waals surface area (Å²) in [6.45, 7) is 7.07. The number of carbonyl (C=O) groups excluding carboxylic acids is 1. The van der Waals surface area contributed by atoms with E-state index in [0.717, 1.165) is 19.2 Å². The van der Waals surface area contributed by atoms with E-state index in [1.807, 2.05) is 0 Å². The van der Waals surface area contributed by atoms with Gasteiger partial charge in [0.2, 0.25) is 0 Å². The number of hydrogen-bond acceptors (Lipinski definition) is 5. The number of hydrogen-bond donors (Lipinski definition) is 0. The van der Waals surface area contributed by atoms with Crippen LogP contribution in [0.1, 0.15) is 23.7 Å². The van der Waals surface area contributed by atoms with Gasteiger partial charge in [0.05, 0.1) is 19.3 Å². The number of thioether (sulfide) groups is 1. The van der Waals surface area contributed by atoms with Gasteiger partial charge in [-0.3, -0.25) is 14.8 Å². The number of nitrogens with zero attached hydrogens (tertiary/aromatic N) is 2. The molecule has 0 radical (unpaired) electrons. The Bertz CT molecular complexity index is 628. The zero-order valence-electron chi connectivity index (χ0n) is 14.3. The Hall–Kier alpha value is -1.35. The van der Waals surface area contributed by atoms with Crippen molar-refractivity contribution >= 4 is 30.8 Å². The van der Waals surface area contributed by atoms with Crippen LogP contribution >= 0.6 is 11.8 Å². The standard InChI is InChI=1S/C15H21F3N2O2SSi/c1-10(21)22-8-11-7-19-13(6-12(11)15(16,17)18)14(23-2)20-9-24(3,4)5/h6-7H,8-9H2,1-5H3/b20-14-. The van der Waals surface area contributed by atoms with Crippen LogP contribution < -0.4 is 0 Å². The van der Waals surface area contributed by atoms with Crippen molar-refractivity contribution in [3.8, 4) is 0 Å². The molecule has 0 aliphatic heterocycles. The molecular weight excluding hydrogens is 357 g/mol. The highest BCUT2D eigenvalue weighted by Gasteiger charge is 2.34. The molecule has 1 aromatic heterocycles. The number of aliphatic imine (C=N–C) groups is 1. The minimum atomic E-state index is -4.56. The van der Waals surface area contributed by atoms with E-state index in [2.05, 4.69) is 34.4 Å². The maximum Gasteiger partial charge on any atom is 0.416 e. The van der Waals surface area contributed by atoms with Crippen molar-refractivity contribution in [3.05, 3.63) is 29.1 Å². The molecule has 0 aliphatic carbocycles. The SMILES string of the molecule is CS/C(=N\C[Si](C)(C)C)c1cc(C(F)(F)F)c(COC(C)=O)cn1. The smallest absolute Gasteiger partial charge is 0.416 e. The van der Waals surface area contributed by atoms with Gasteiger partial charge in [0.1, 0.15) is 11.7 Å². The van der Waals surface area contributed by atoms with Gasteiger partial charge in [-0.15, -0.1) is 11.8 Å². The molecule has 134 valence electrons. The molecule has 9 heteroatoms. The summed E-state index contributed by atoms with van der Waals surface area (Å²) in [5.41, 5.74) is -0.852. The van der Waals surface area contributed by atoms with E-state index >= 15 is 0 Å². The molecular formula is C15H21F3N2O2SSi. The number of esters is 1. The second kappa shape index (κ2) is 8.15. The third-order valence-corrected chi connectivity index (χ3v) is 4.66. The molecule has 0 aliphatic rings. The molecule has 0 amide bonds. The average Bonchev–Trinajstić information content (AvgIpc) is 2.44. The maximum absolute atomic E-state index is 13.3. The van der Waals surface area contributed by atoms with E-state index in [0.29, 0.717) is 11.2 Å². The zero-order valence-corrected chi connectivity index (χ0v) is 16.1. The van der Waals surface area contributed by atoms with Gasteiger partial charge in [-0.05, 0) is 12.3 Å². The Morgan fingerprint density at radius 2 is 2.00 bits per heavy atom. The van der Waals surface area contributed by atoms with Crippen molar-refractivity contribution < 1.29 is 22.7 Å². The van der Waals surface area contributed by atoms with Crippen LogP contribution in [0.25, 0.3) is 0 Å². The van der Waals surface area contributed by atoms with Crippen LogP contribution in [-0.2, 0) is 22.3 Å². The minimum absolute atomic E-state index is 0.174. The van der Waals surface area contributed by atoms with Crippen LogP contribution in [0.5, 0.6) is 0 Å². The van der Waals surface area contributed by atoms with Crippen molar-refractivity contribution in [2.24, 2.45) is 4.99 Å². The molecule has 4 nitrogen and oxygen atoms in total. The maximum atomic E-state index is 13.3. The molecule has 0 atom stereocenters. The summed E-state index contributed by atoms with van der Waals surface area (Å²) in [7, 11) is -1.46. The summed E-state index contributed by atoms with van der Waals surface area (Å²) < 4.78 is 44.5. The number of rotatable bonds is 5. The Labute approximate surface area is 144 Å². The quantitative estimate of drug-likeness (QED) is 0.334. The lowest BCUT2D eigenvalue weighted by atomic mass is 10.1. The molecule has 1 rings (SSSR count). The molecule has 0 bridgehead atoms. The van der Waals surface area contributed by atoms with Gasteiger partial charge in [0.25, 0.3) is 0 Å². The van der Waals surface area contributed by atoms with Crippen LogP contribution in [0.3, 0.4) is 0 Å². The first-order valence-corrected chi connectivity index (χ1v) is 12.2. The summed E-state index contributed by atoms with van der Waals surface area (Å²) in [5, 5.41) is 0.474. The summed E-state index contributed by atoms with van der Waals surface area (Å²) in [6.07, 6.45) is -1.09. The molecule has 24 heavy (non-hydrogen) atoms. The number of pyridine rings is 1. The number of ether oxygens (including phenoxy) is 1. The fourth-order valence-corrected chi connectivity index (χ4v) is 2.98. The van der Waals surface area contributed by atoms with Crippen LogP contribution in [-0.4, -0.2) is 36.5 Å². The highest BCUT2D eigenvalue weighted by atomic mass is 32.2. The van der Waals surface area contributed by atoms with E-state index in [-0.39, 0.29) is 11.3 Å². The first kappa shape index (κ1) is 20.7. The average molecular weight is 378 g/mol. The summed E-state index contributed by atoms with van der Waals surface area (Å²) >= 11 is 1.26. The van der Waals surface area contributed by atoms with Gasteiger partial charge in [0.15, 0.2) is 0 Å². The number of halogens is 3. The van der Waals surface area contributed by atoms with E-state index in [9.17, 15) is 18.0 Å². The summed E-state index contributed by atoms with van der Waals surface area (Å²) in [4.78, 5) is 19.3. The third-order valence-electron chi connectivity index (χ3n) is 2.83. The molecule has 0 unspecified atom stereocenters. The second-order valence-electron chi connectivity index (χ2n) is 6.39. The van der Waals surface area contributed by atoms with Gasteiger partial charge < -0.3 is 4.74 Å². The van der Waals surface area contributed by atoms with Crippen LogP contribution in [0.2, 0.25) is 19.6 Å². The normalized spacial score (nSPS) is 13.1. The Kier molecular flexibility index (Phi) is 7.03. The van der Waals surface area contributed by atoms with Crippen LogP contribution in [0.4, 0.5) is 13.2 Å². The van der Waals surface area contributed by atoms with Crippen molar-refractivity contribution in [2.45, 2.75) is 39.3 Å². The van der Waals surface area contributed by atoms with Gasteiger partial charge in [-0.25, -0.2) is 0 Å². The lowest BCUT2D eigenvalue weighted by Gasteiger charge is -2.16. The molecule has 0 N–H and O–H groups in total. The zero-order chi connectivity index (χ0) is 18.5. The van der Waals surface area contributed by atoms with E-state index < -0.39 is 32.4 Å². The van der Waals surface area contributed by atoms with E-state index in [1.54, 1.807) is 6.26 Å². The lowest BCUT2D eigenvalue weighted by molar-refractivity contribution is -0.145. The molecule has 0 fully saturated rings. The predicted molar refractivity (Wildman–Crippen MR) is 93.0 cm³/mol. The topological polar surface area (TPSA) is 51.5 Å². The first-order chi connectivity index (χ1) is 10.9. The van der Waals surface area contributed by atoms with E-state index in [1.165, 1.54) is 11.8 Å². The molecule has 0 spiro atoms. The van der Waals surface area contributed by atoms with Gasteiger partial charge in [-0.2, -0.15) is 13.2 Å². The first-order valence-electron chi connectivity index (χ1n) is 7.22. The number of alkyl halides is 3. The summed E-state index contributed by atoms with van der Waals surface area (Å²) in [5.74, 6) is -0.645. The lowest BCUT2D eigenvalue weighted by Crippen LogP contribution is -2.25. The molecule has 0 aromatic carbocycles. The van der Waals surface area contributed by atoms with Gasteiger partial charge >= 0.3 is 12.1 Å².